The first-order chi connectivity index (χ1) is 16.9. The maximum atomic E-state index is 12.6. The fraction of sp³-hybridized carbons (Fsp3) is 0.968. The number of piperidine rings is 1. The van der Waals surface area contributed by atoms with Crippen LogP contribution in [-0.2, 0) is 14.4 Å². The average molecular weight is 512 g/mol. The molecule has 0 radical (unpaired) electrons. The molecule has 1 aliphatic rings. The summed E-state index contributed by atoms with van der Waals surface area (Å²) >= 11 is 0. The lowest BCUT2D eigenvalue weighted by molar-refractivity contribution is -0.293. The molecular formula is C31H61NO4. The van der Waals surface area contributed by atoms with Gasteiger partial charge in [0.2, 0.25) is 0 Å². The van der Waals surface area contributed by atoms with E-state index in [-0.39, 0.29) is 29.6 Å². The smallest absolute Gasteiger partial charge is 0.306 e. The number of carbonyl (C=O) groups excluding carboxylic acids is 1. The average Bonchev–Trinajstić information content (AvgIpc) is 2.78. The molecular weight excluding hydrogens is 450 g/mol. The normalized spacial score (nSPS) is 19.9. The van der Waals surface area contributed by atoms with Crippen molar-refractivity contribution in [3.8, 4) is 0 Å². The van der Waals surface area contributed by atoms with E-state index in [0.29, 0.717) is 13.0 Å². The van der Waals surface area contributed by atoms with Gasteiger partial charge in [0.05, 0.1) is 12.2 Å². The van der Waals surface area contributed by atoms with Gasteiger partial charge >= 0.3 is 5.97 Å². The number of nitrogens with zero attached hydrogens (tertiary/aromatic N) is 1. The number of esters is 1. The van der Waals surface area contributed by atoms with Crippen molar-refractivity contribution in [2.24, 2.45) is 5.41 Å². The summed E-state index contributed by atoms with van der Waals surface area (Å²) in [6, 6.07) is 0. The number of hydrogen-bond acceptors (Lipinski definition) is 5. The number of ether oxygens (including phenoxy) is 1. The van der Waals surface area contributed by atoms with Gasteiger partial charge in [-0.05, 0) is 34.1 Å². The number of hydroxylamine groups is 2. The van der Waals surface area contributed by atoms with Crippen molar-refractivity contribution in [2.75, 3.05) is 13.2 Å². The molecule has 0 saturated carbocycles. The third-order valence-corrected chi connectivity index (χ3v) is 8.43. The standard InChI is InChI=1S/C31H61NO4/c1-8-9-10-11-12-13-14-15-16-17-18-19-20-21-22-23-28(33)36-27-24-25-32(35-26-29(2,3)34)31(6,7)30(27,4)5/h27,34H,8-26H2,1-7H3. The zero-order valence-corrected chi connectivity index (χ0v) is 25.1. The maximum absolute atomic E-state index is 12.6. The van der Waals surface area contributed by atoms with Crippen LogP contribution in [0.4, 0.5) is 0 Å². The van der Waals surface area contributed by atoms with Gasteiger partial charge in [0.1, 0.15) is 6.10 Å². The molecule has 1 atom stereocenters. The first-order valence-corrected chi connectivity index (χ1v) is 15.2. The Balaban J connectivity index is 2.13. The molecule has 1 fully saturated rings. The highest BCUT2D eigenvalue weighted by Gasteiger charge is 2.52. The van der Waals surface area contributed by atoms with Gasteiger partial charge < -0.3 is 9.84 Å². The zero-order chi connectivity index (χ0) is 27.1. The van der Waals surface area contributed by atoms with Crippen molar-refractivity contribution in [1.82, 2.24) is 5.06 Å². The second-order valence-corrected chi connectivity index (χ2v) is 12.9. The molecule has 0 aromatic heterocycles. The fourth-order valence-corrected chi connectivity index (χ4v) is 5.12. The molecule has 0 aromatic rings. The van der Waals surface area contributed by atoms with Crippen LogP contribution in [0, 0.1) is 5.41 Å². The zero-order valence-electron chi connectivity index (χ0n) is 25.1. The van der Waals surface area contributed by atoms with E-state index in [4.69, 9.17) is 9.57 Å². The van der Waals surface area contributed by atoms with E-state index in [1.807, 2.05) is 5.06 Å². The minimum absolute atomic E-state index is 0.0653. The van der Waals surface area contributed by atoms with Crippen molar-refractivity contribution < 1.29 is 19.5 Å². The van der Waals surface area contributed by atoms with Crippen LogP contribution >= 0.6 is 0 Å². The molecule has 214 valence electrons. The molecule has 1 N–H and O–H groups in total. The van der Waals surface area contributed by atoms with E-state index < -0.39 is 5.60 Å². The molecule has 5 nitrogen and oxygen atoms in total. The second-order valence-electron chi connectivity index (χ2n) is 12.9. The number of rotatable bonds is 20. The van der Waals surface area contributed by atoms with Gasteiger partial charge in [-0.2, -0.15) is 5.06 Å². The lowest BCUT2D eigenvalue weighted by atomic mass is 9.67. The Hall–Kier alpha value is -0.650. The van der Waals surface area contributed by atoms with Crippen molar-refractivity contribution in [2.45, 2.75) is 175 Å². The van der Waals surface area contributed by atoms with Gasteiger partial charge in [0.15, 0.2) is 0 Å². The first kappa shape index (κ1) is 33.4. The number of unbranched alkanes of at least 4 members (excludes halogenated alkanes) is 14. The van der Waals surface area contributed by atoms with Gasteiger partial charge in [-0.25, -0.2) is 0 Å². The van der Waals surface area contributed by atoms with Crippen LogP contribution in [0.15, 0.2) is 0 Å². The highest BCUT2D eigenvalue weighted by molar-refractivity contribution is 5.69. The van der Waals surface area contributed by atoms with E-state index in [0.717, 1.165) is 19.3 Å². The molecule has 0 bridgehead atoms. The fourth-order valence-electron chi connectivity index (χ4n) is 5.12. The lowest BCUT2D eigenvalue weighted by Crippen LogP contribution is -2.64. The third-order valence-electron chi connectivity index (χ3n) is 8.43. The third kappa shape index (κ3) is 12.7. The minimum Gasteiger partial charge on any atom is -0.462 e. The van der Waals surface area contributed by atoms with Crippen LogP contribution in [0.2, 0.25) is 0 Å². The van der Waals surface area contributed by atoms with E-state index in [1.54, 1.807) is 13.8 Å². The Kier molecular flexibility index (Phi) is 15.8. The van der Waals surface area contributed by atoms with Crippen molar-refractivity contribution in [3.05, 3.63) is 0 Å². The van der Waals surface area contributed by atoms with E-state index in [1.165, 1.54) is 83.5 Å². The van der Waals surface area contributed by atoms with Crippen LogP contribution < -0.4 is 0 Å². The molecule has 1 saturated heterocycles. The van der Waals surface area contributed by atoms with Gasteiger partial charge in [0, 0.05) is 30.3 Å². The monoisotopic (exact) mass is 511 g/mol. The Morgan fingerprint density at radius 3 is 1.72 bits per heavy atom. The summed E-state index contributed by atoms with van der Waals surface area (Å²) < 4.78 is 5.98. The summed E-state index contributed by atoms with van der Waals surface area (Å²) in [5.74, 6) is -0.0653. The maximum Gasteiger partial charge on any atom is 0.306 e. The summed E-state index contributed by atoms with van der Waals surface area (Å²) in [5.41, 5.74) is -1.47. The van der Waals surface area contributed by atoms with Crippen molar-refractivity contribution in [3.63, 3.8) is 0 Å². The molecule has 1 heterocycles. The van der Waals surface area contributed by atoms with E-state index in [9.17, 15) is 9.90 Å². The highest BCUT2D eigenvalue weighted by Crippen LogP contribution is 2.45. The Morgan fingerprint density at radius 1 is 0.833 bits per heavy atom. The molecule has 36 heavy (non-hydrogen) atoms. The Morgan fingerprint density at radius 2 is 1.28 bits per heavy atom. The summed E-state index contributed by atoms with van der Waals surface area (Å²) in [4.78, 5) is 18.5. The second kappa shape index (κ2) is 17.0. The molecule has 0 spiro atoms. The van der Waals surface area contributed by atoms with Crippen molar-refractivity contribution >= 4 is 5.97 Å². The number of carbonyl (C=O) groups is 1. The Labute approximate surface area is 224 Å². The van der Waals surface area contributed by atoms with Crippen LogP contribution in [0.5, 0.6) is 0 Å². The van der Waals surface area contributed by atoms with E-state index in [2.05, 4.69) is 34.6 Å². The molecule has 1 aliphatic heterocycles. The predicted octanol–water partition coefficient (Wildman–Crippen LogP) is 8.37. The van der Waals surface area contributed by atoms with Crippen LogP contribution in [0.3, 0.4) is 0 Å². The summed E-state index contributed by atoms with van der Waals surface area (Å²) in [6.07, 6.45) is 21.0. The van der Waals surface area contributed by atoms with Gasteiger partial charge in [-0.15, -0.1) is 0 Å². The molecule has 1 unspecified atom stereocenters. The van der Waals surface area contributed by atoms with Crippen LogP contribution in [0.1, 0.15) is 158 Å². The van der Waals surface area contributed by atoms with Crippen LogP contribution in [-0.4, -0.2) is 46.5 Å². The minimum atomic E-state index is -0.878. The molecule has 0 amide bonds. The number of aliphatic hydroxyl groups is 1. The largest absolute Gasteiger partial charge is 0.462 e. The number of hydrogen-bond donors (Lipinski definition) is 1. The molecule has 0 aliphatic carbocycles. The molecule has 1 rings (SSSR count). The highest BCUT2D eigenvalue weighted by atomic mass is 16.7. The predicted molar refractivity (Wildman–Crippen MR) is 151 cm³/mol. The van der Waals surface area contributed by atoms with Gasteiger partial charge in [0.25, 0.3) is 0 Å². The first-order valence-electron chi connectivity index (χ1n) is 15.2. The van der Waals surface area contributed by atoms with Gasteiger partial charge in [-0.1, -0.05) is 111 Å². The Bertz CT molecular complexity index is 582. The summed E-state index contributed by atoms with van der Waals surface area (Å²) in [6.45, 7) is 15.3. The molecule has 5 heteroatoms. The molecule has 0 aromatic carbocycles. The summed E-state index contributed by atoms with van der Waals surface area (Å²) in [5, 5.41) is 12.0. The van der Waals surface area contributed by atoms with Crippen molar-refractivity contribution in [1.29, 1.82) is 0 Å². The van der Waals surface area contributed by atoms with E-state index >= 15 is 0 Å². The quantitative estimate of drug-likeness (QED) is 0.131. The topological polar surface area (TPSA) is 59.0 Å². The SMILES string of the molecule is CCCCCCCCCCCCCCCCCC(=O)OC1CCN(OCC(C)(C)O)C(C)(C)C1(C)C. The summed E-state index contributed by atoms with van der Waals surface area (Å²) in [7, 11) is 0. The van der Waals surface area contributed by atoms with Gasteiger partial charge in [-0.3, -0.25) is 9.63 Å². The lowest BCUT2D eigenvalue weighted by Gasteiger charge is -2.55. The van der Waals surface area contributed by atoms with Crippen LogP contribution in [0.25, 0.3) is 0 Å².